The molecular weight excluding hydrogens is 521 g/mol. The summed E-state index contributed by atoms with van der Waals surface area (Å²) in [7, 11) is 1.50. The minimum absolute atomic E-state index is 0.0509. The van der Waals surface area contributed by atoms with Crippen molar-refractivity contribution in [3.05, 3.63) is 69.9 Å². The molecule has 0 unspecified atom stereocenters. The molecule has 178 valence electrons. The van der Waals surface area contributed by atoms with E-state index in [0.29, 0.717) is 44.7 Å². The summed E-state index contributed by atoms with van der Waals surface area (Å²) in [5.41, 5.74) is 0.863. The predicted molar refractivity (Wildman–Crippen MR) is 136 cm³/mol. The third-order valence-corrected chi connectivity index (χ3v) is 6.44. The first-order valence-electron chi connectivity index (χ1n) is 9.85. The van der Waals surface area contributed by atoms with E-state index in [4.69, 9.17) is 39.5 Å². The van der Waals surface area contributed by atoms with Gasteiger partial charge in [0.1, 0.15) is 11.6 Å². The topological polar surface area (TPSA) is 98.1 Å². The Kier molecular flexibility index (Phi) is 9.23. The van der Waals surface area contributed by atoms with Gasteiger partial charge in [-0.3, -0.25) is 9.59 Å². The average Bonchev–Trinajstić information content (AvgIpc) is 3.17. The Bertz CT molecular complexity index is 1220. The van der Waals surface area contributed by atoms with Crippen LogP contribution in [0.15, 0.2) is 54.2 Å². The fourth-order valence-electron chi connectivity index (χ4n) is 2.90. The first kappa shape index (κ1) is 25.9. The first-order chi connectivity index (χ1) is 16.3. The highest BCUT2D eigenvalue weighted by molar-refractivity contribution is 7.99. The number of amides is 2. The van der Waals surface area contributed by atoms with Crippen LogP contribution in [0.3, 0.4) is 0 Å². The molecule has 0 atom stereocenters. The molecule has 1 aromatic heterocycles. The van der Waals surface area contributed by atoms with Gasteiger partial charge in [-0.05, 0) is 30.3 Å². The number of carbonyl (C=O) groups excluding carboxylic acids is 2. The van der Waals surface area contributed by atoms with Gasteiger partial charge in [-0.15, -0.1) is 16.8 Å². The van der Waals surface area contributed by atoms with Crippen LogP contribution in [0.25, 0.3) is 0 Å². The van der Waals surface area contributed by atoms with Crippen LogP contribution in [0.1, 0.15) is 5.82 Å². The van der Waals surface area contributed by atoms with Gasteiger partial charge in [0, 0.05) is 11.6 Å². The molecule has 0 radical (unpaired) electrons. The summed E-state index contributed by atoms with van der Waals surface area (Å²) in [5, 5.41) is 15.2. The van der Waals surface area contributed by atoms with E-state index in [9.17, 15) is 9.59 Å². The SMILES string of the molecule is C=CCn1c(CC(=O)Nc2cccc(Cl)c2Cl)nnc1SCC(=O)Nc1cc(Cl)ccc1OC. The summed E-state index contributed by atoms with van der Waals surface area (Å²) < 4.78 is 6.95. The zero-order valence-corrected chi connectivity index (χ0v) is 21.1. The lowest BCUT2D eigenvalue weighted by atomic mass is 10.3. The molecule has 0 saturated carbocycles. The number of halogens is 3. The summed E-state index contributed by atoms with van der Waals surface area (Å²) in [5.74, 6) is 0.327. The Morgan fingerprint density at radius 2 is 1.88 bits per heavy atom. The van der Waals surface area contributed by atoms with Crippen molar-refractivity contribution in [2.75, 3.05) is 23.5 Å². The van der Waals surface area contributed by atoms with Crippen molar-refractivity contribution in [2.24, 2.45) is 0 Å². The van der Waals surface area contributed by atoms with E-state index >= 15 is 0 Å². The summed E-state index contributed by atoms with van der Waals surface area (Å²) in [6, 6.07) is 9.90. The van der Waals surface area contributed by atoms with Crippen molar-refractivity contribution in [1.29, 1.82) is 0 Å². The van der Waals surface area contributed by atoms with E-state index < -0.39 is 0 Å². The van der Waals surface area contributed by atoms with Crippen LogP contribution in [0.2, 0.25) is 15.1 Å². The number of allylic oxidation sites excluding steroid dienone is 1. The Labute approximate surface area is 215 Å². The number of aromatic nitrogens is 3. The van der Waals surface area contributed by atoms with Crippen molar-refractivity contribution in [3.8, 4) is 5.75 Å². The number of anilines is 2. The van der Waals surface area contributed by atoms with Gasteiger partial charge in [0.2, 0.25) is 11.8 Å². The van der Waals surface area contributed by atoms with E-state index in [1.54, 1.807) is 47.0 Å². The lowest BCUT2D eigenvalue weighted by molar-refractivity contribution is -0.116. The van der Waals surface area contributed by atoms with Gasteiger partial charge in [-0.1, -0.05) is 58.7 Å². The zero-order valence-electron chi connectivity index (χ0n) is 18.0. The summed E-state index contributed by atoms with van der Waals surface area (Å²) in [6.45, 7) is 4.10. The Balaban J connectivity index is 1.66. The summed E-state index contributed by atoms with van der Waals surface area (Å²) >= 11 is 19.3. The highest BCUT2D eigenvalue weighted by Gasteiger charge is 2.18. The summed E-state index contributed by atoms with van der Waals surface area (Å²) in [6.07, 6.45) is 1.59. The number of nitrogens with one attached hydrogen (secondary N) is 2. The number of rotatable bonds is 10. The third kappa shape index (κ3) is 6.66. The minimum Gasteiger partial charge on any atom is -0.495 e. The maximum atomic E-state index is 12.6. The second kappa shape index (κ2) is 12.1. The van der Waals surface area contributed by atoms with E-state index in [2.05, 4.69) is 27.4 Å². The minimum atomic E-state index is -0.343. The van der Waals surface area contributed by atoms with Crippen LogP contribution in [-0.2, 0) is 22.6 Å². The molecule has 0 bridgehead atoms. The Morgan fingerprint density at radius 3 is 2.62 bits per heavy atom. The smallest absolute Gasteiger partial charge is 0.234 e. The van der Waals surface area contributed by atoms with E-state index in [-0.39, 0.29) is 29.0 Å². The van der Waals surface area contributed by atoms with Gasteiger partial charge in [0.25, 0.3) is 0 Å². The van der Waals surface area contributed by atoms with Crippen molar-refractivity contribution >= 4 is 69.8 Å². The van der Waals surface area contributed by atoms with Crippen molar-refractivity contribution in [1.82, 2.24) is 14.8 Å². The number of ether oxygens (including phenoxy) is 1. The molecule has 2 N–H and O–H groups in total. The molecule has 0 aliphatic carbocycles. The van der Waals surface area contributed by atoms with Gasteiger partial charge in [-0.25, -0.2) is 0 Å². The van der Waals surface area contributed by atoms with E-state index in [0.717, 1.165) is 0 Å². The molecule has 0 aliphatic heterocycles. The van der Waals surface area contributed by atoms with Crippen molar-refractivity contribution < 1.29 is 14.3 Å². The molecular formula is C22H20Cl3N5O3S. The molecule has 2 aromatic carbocycles. The molecule has 0 aliphatic rings. The number of benzene rings is 2. The van der Waals surface area contributed by atoms with Crippen molar-refractivity contribution in [2.45, 2.75) is 18.1 Å². The number of thioether (sulfide) groups is 1. The Morgan fingerprint density at radius 1 is 1.12 bits per heavy atom. The fraction of sp³-hybridized carbons (Fsp3) is 0.182. The molecule has 3 rings (SSSR count). The van der Waals surface area contributed by atoms with Gasteiger partial charge >= 0.3 is 0 Å². The maximum Gasteiger partial charge on any atom is 0.234 e. The van der Waals surface area contributed by atoms with Crippen LogP contribution >= 0.6 is 46.6 Å². The van der Waals surface area contributed by atoms with Crippen LogP contribution in [0.5, 0.6) is 5.75 Å². The monoisotopic (exact) mass is 539 g/mol. The van der Waals surface area contributed by atoms with Gasteiger partial charge in [0.05, 0.1) is 40.7 Å². The standard InChI is InChI=1S/C22H20Cl3N5O3S/c1-3-9-30-18(11-19(31)26-15-6-4-5-14(24)21(15)25)28-29-22(30)34-12-20(32)27-16-10-13(23)7-8-17(16)33-2/h3-8,10H,1,9,11-12H2,2H3,(H,26,31)(H,27,32). The van der Waals surface area contributed by atoms with Crippen LogP contribution < -0.4 is 15.4 Å². The average molecular weight is 541 g/mol. The molecule has 1 heterocycles. The molecule has 2 amide bonds. The van der Waals surface area contributed by atoms with Crippen LogP contribution in [0, 0.1) is 0 Å². The molecule has 12 heteroatoms. The largest absolute Gasteiger partial charge is 0.495 e. The normalized spacial score (nSPS) is 10.6. The molecule has 34 heavy (non-hydrogen) atoms. The molecule has 8 nitrogen and oxygen atoms in total. The highest BCUT2D eigenvalue weighted by Crippen LogP contribution is 2.30. The van der Waals surface area contributed by atoms with E-state index in [1.165, 1.54) is 18.9 Å². The maximum absolute atomic E-state index is 12.6. The summed E-state index contributed by atoms with van der Waals surface area (Å²) in [4.78, 5) is 25.0. The van der Waals surface area contributed by atoms with Gasteiger partial charge in [-0.2, -0.15) is 0 Å². The number of hydrogen-bond acceptors (Lipinski definition) is 6. The molecule has 0 fully saturated rings. The van der Waals surface area contributed by atoms with Gasteiger partial charge in [0.15, 0.2) is 5.16 Å². The number of nitrogens with zero attached hydrogens (tertiary/aromatic N) is 3. The zero-order chi connectivity index (χ0) is 24.7. The van der Waals surface area contributed by atoms with Gasteiger partial charge < -0.3 is 19.9 Å². The second-order valence-electron chi connectivity index (χ2n) is 6.81. The first-order valence-corrected chi connectivity index (χ1v) is 12.0. The quantitative estimate of drug-likeness (QED) is 0.266. The molecule has 3 aromatic rings. The lowest BCUT2D eigenvalue weighted by Gasteiger charge is -2.11. The highest BCUT2D eigenvalue weighted by atomic mass is 35.5. The fourth-order valence-corrected chi connectivity index (χ4v) is 4.19. The predicted octanol–water partition coefficient (Wildman–Crippen LogP) is 5.34. The van der Waals surface area contributed by atoms with E-state index in [1.807, 2.05) is 0 Å². The Hall–Kier alpha value is -2.72. The second-order valence-corrected chi connectivity index (χ2v) is 8.97. The third-order valence-electron chi connectivity index (χ3n) is 4.42. The number of hydrogen-bond donors (Lipinski definition) is 2. The number of carbonyl (C=O) groups is 2. The van der Waals surface area contributed by atoms with Crippen LogP contribution in [-0.4, -0.2) is 39.4 Å². The molecule has 0 spiro atoms. The molecule has 0 saturated heterocycles. The van der Waals surface area contributed by atoms with Crippen molar-refractivity contribution in [3.63, 3.8) is 0 Å². The van der Waals surface area contributed by atoms with Crippen LogP contribution in [0.4, 0.5) is 11.4 Å². The number of methoxy groups -OCH3 is 1. The lowest BCUT2D eigenvalue weighted by Crippen LogP contribution is -2.18.